The van der Waals surface area contributed by atoms with E-state index in [0.29, 0.717) is 0 Å². The van der Waals surface area contributed by atoms with Crippen molar-refractivity contribution in [2.24, 2.45) is 0 Å². The monoisotopic (exact) mass is 278 g/mol. The minimum absolute atomic E-state index is 0.172. The Hall–Kier alpha value is -2.05. The van der Waals surface area contributed by atoms with Gasteiger partial charge in [-0.25, -0.2) is 0 Å². The molecule has 0 heterocycles. The van der Waals surface area contributed by atoms with Crippen LogP contribution in [0.25, 0.3) is 0 Å². The van der Waals surface area contributed by atoms with E-state index in [1.807, 2.05) is 30.3 Å². The lowest BCUT2D eigenvalue weighted by Gasteiger charge is -2.20. The lowest BCUT2D eigenvalue weighted by molar-refractivity contribution is 0.978. The number of hydrogen-bond acceptors (Lipinski definition) is 0. The van der Waals surface area contributed by atoms with Crippen LogP contribution in [0, 0.1) is 0 Å². The maximum absolute atomic E-state index is 6.42. The molecule has 0 aliphatic rings. The highest BCUT2D eigenvalue weighted by molar-refractivity contribution is 6.31. The van der Waals surface area contributed by atoms with E-state index in [1.54, 1.807) is 0 Å². The first-order valence-electron chi connectivity index (χ1n) is 6.70. The topological polar surface area (TPSA) is 0 Å². The molecule has 0 aliphatic heterocycles. The van der Waals surface area contributed by atoms with E-state index in [1.165, 1.54) is 11.1 Å². The summed E-state index contributed by atoms with van der Waals surface area (Å²) >= 11 is 6.42. The summed E-state index contributed by atoms with van der Waals surface area (Å²) in [5, 5.41) is 0.810. The minimum Gasteiger partial charge on any atom is -0.0840 e. The average Bonchev–Trinajstić information content (AvgIpc) is 2.52. The standard InChI is InChI=1S/C19H15Cl/c20-18-14-8-7-13-17(18)19(15-9-3-1-4-10-15)16-11-5-2-6-12-16/h1-14,19H. The van der Waals surface area contributed by atoms with Crippen LogP contribution in [0.5, 0.6) is 0 Å². The Balaban J connectivity index is 2.17. The van der Waals surface area contributed by atoms with Crippen LogP contribution in [0.2, 0.25) is 5.02 Å². The molecule has 0 aromatic heterocycles. The van der Waals surface area contributed by atoms with Crippen molar-refractivity contribution in [1.82, 2.24) is 0 Å². The van der Waals surface area contributed by atoms with Gasteiger partial charge in [-0.1, -0.05) is 90.5 Å². The summed E-state index contributed by atoms with van der Waals surface area (Å²) in [4.78, 5) is 0. The molecule has 3 aromatic carbocycles. The summed E-state index contributed by atoms with van der Waals surface area (Å²) in [7, 11) is 0. The van der Waals surface area contributed by atoms with E-state index in [9.17, 15) is 0 Å². The Morgan fingerprint density at radius 3 is 1.50 bits per heavy atom. The van der Waals surface area contributed by atoms with Gasteiger partial charge in [-0.05, 0) is 22.8 Å². The Morgan fingerprint density at radius 2 is 1.00 bits per heavy atom. The quantitative estimate of drug-likeness (QED) is 0.553. The smallest absolute Gasteiger partial charge is 0.0447 e. The maximum atomic E-state index is 6.42. The van der Waals surface area contributed by atoms with Crippen LogP contribution in [0.15, 0.2) is 84.9 Å². The van der Waals surface area contributed by atoms with E-state index in [4.69, 9.17) is 11.6 Å². The van der Waals surface area contributed by atoms with Crippen molar-refractivity contribution in [3.8, 4) is 0 Å². The number of halogens is 1. The molecular formula is C19H15Cl. The van der Waals surface area contributed by atoms with Crippen LogP contribution in [0.4, 0.5) is 0 Å². The molecular weight excluding hydrogens is 264 g/mol. The second-order valence-electron chi connectivity index (χ2n) is 4.78. The largest absolute Gasteiger partial charge is 0.0840 e. The van der Waals surface area contributed by atoms with Crippen molar-refractivity contribution >= 4 is 11.6 Å². The summed E-state index contributed by atoms with van der Waals surface area (Å²) in [5.74, 6) is 0.172. The van der Waals surface area contributed by atoms with Gasteiger partial charge >= 0.3 is 0 Å². The fourth-order valence-corrected chi connectivity index (χ4v) is 2.80. The first kappa shape index (κ1) is 13.0. The predicted octanol–water partition coefficient (Wildman–Crippen LogP) is 5.52. The molecule has 0 radical (unpaired) electrons. The summed E-state index contributed by atoms with van der Waals surface area (Å²) in [6, 6.07) is 29.1. The Bertz CT molecular complexity index is 635. The van der Waals surface area contributed by atoms with E-state index >= 15 is 0 Å². The minimum atomic E-state index is 0.172. The molecule has 0 fully saturated rings. The highest BCUT2D eigenvalue weighted by atomic mass is 35.5. The van der Waals surface area contributed by atoms with Crippen LogP contribution < -0.4 is 0 Å². The van der Waals surface area contributed by atoms with Crippen molar-refractivity contribution in [2.45, 2.75) is 5.92 Å². The first-order chi connectivity index (χ1) is 9.86. The third-order valence-corrected chi connectivity index (χ3v) is 3.83. The van der Waals surface area contributed by atoms with Gasteiger partial charge in [-0.3, -0.25) is 0 Å². The molecule has 0 amide bonds. The number of rotatable bonds is 3. The number of benzene rings is 3. The van der Waals surface area contributed by atoms with Gasteiger partial charge in [0, 0.05) is 10.9 Å². The third-order valence-electron chi connectivity index (χ3n) is 3.48. The zero-order valence-corrected chi connectivity index (χ0v) is 11.8. The van der Waals surface area contributed by atoms with Crippen LogP contribution in [-0.2, 0) is 0 Å². The van der Waals surface area contributed by atoms with Gasteiger partial charge in [0.05, 0.1) is 0 Å². The molecule has 0 nitrogen and oxygen atoms in total. The van der Waals surface area contributed by atoms with Crippen LogP contribution >= 0.6 is 11.6 Å². The SMILES string of the molecule is Clc1ccccc1C(c1ccccc1)c1ccccc1. The summed E-state index contributed by atoms with van der Waals surface area (Å²) in [6.07, 6.45) is 0. The Labute approximate surface area is 124 Å². The molecule has 3 aromatic rings. The van der Waals surface area contributed by atoms with Gasteiger partial charge in [0.15, 0.2) is 0 Å². The van der Waals surface area contributed by atoms with Gasteiger partial charge in [-0.15, -0.1) is 0 Å². The molecule has 0 spiro atoms. The van der Waals surface area contributed by atoms with Gasteiger partial charge in [0.1, 0.15) is 0 Å². The molecule has 0 saturated carbocycles. The zero-order chi connectivity index (χ0) is 13.8. The highest BCUT2D eigenvalue weighted by Crippen LogP contribution is 2.35. The average molecular weight is 279 g/mol. The van der Waals surface area contributed by atoms with Gasteiger partial charge in [0.25, 0.3) is 0 Å². The summed E-state index contributed by atoms with van der Waals surface area (Å²) in [5.41, 5.74) is 3.66. The molecule has 20 heavy (non-hydrogen) atoms. The summed E-state index contributed by atoms with van der Waals surface area (Å²) in [6.45, 7) is 0. The van der Waals surface area contributed by atoms with Crippen molar-refractivity contribution in [3.63, 3.8) is 0 Å². The fourth-order valence-electron chi connectivity index (χ4n) is 2.55. The van der Waals surface area contributed by atoms with Crippen LogP contribution in [-0.4, -0.2) is 0 Å². The third kappa shape index (κ3) is 2.61. The first-order valence-corrected chi connectivity index (χ1v) is 7.08. The van der Waals surface area contributed by atoms with Crippen molar-refractivity contribution in [3.05, 3.63) is 107 Å². The van der Waals surface area contributed by atoms with E-state index in [-0.39, 0.29) is 5.92 Å². The molecule has 98 valence electrons. The van der Waals surface area contributed by atoms with E-state index in [2.05, 4.69) is 54.6 Å². The molecule has 0 saturated heterocycles. The lowest BCUT2D eigenvalue weighted by Crippen LogP contribution is -2.03. The predicted molar refractivity (Wildman–Crippen MR) is 85.3 cm³/mol. The summed E-state index contributed by atoms with van der Waals surface area (Å²) < 4.78 is 0. The van der Waals surface area contributed by atoms with Gasteiger partial charge < -0.3 is 0 Å². The van der Waals surface area contributed by atoms with Crippen molar-refractivity contribution in [2.75, 3.05) is 0 Å². The van der Waals surface area contributed by atoms with Gasteiger partial charge in [0.2, 0.25) is 0 Å². The fraction of sp³-hybridized carbons (Fsp3) is 0.0526. The number of hydrogen-bond donors (Lipinski definition) is 0. The molecule has 0 bridgehead atoms. The molecule has 1 heteroatoms. The van der Waals surface area contributed by atoms with Crippen LogP contribution in [0.1, 0.15) is 22.6 Å². The molecule has 0 atom stereocenters. The molecule has 0 N–H and O–H groups in total. The van der Waals surface area contributed by atoms with Crippen molar-refractivity contribution < 1.29 is 0 Å². The lowest BCUT2D eigenvalue weighted by atomic mass is 9.85. The van der Waals surface area contributed by atoms with E-state index < -0.39 is 0 Å². The van der Waals surface area contributed by atoms with E-state index in [0.717, 1.165) is 10.6 Å². The molecule has 0 aliphatic carbocycles. The Kier molecular flexibility index (Phi) is 3.85. The highest BCUT2D eigenvalue weighted by Gasteiger charge is 2.18. The molecule has 0 unspecified atom stereocenters. The Morgan fingerprint density at radius 1 is 0.550 bits per heavy atom. The molecule has 3 rings (SSSR count). The second kappa shape index (κ2) is 5.94. The normalized spacial score (nSPS) is 10.7. The van der Waals surface area contributed by atoms with Crippen LogP contribution in [0.3, 0.4) is 0 Å². The zero-order valence-electron chi connectivity index (χ0n) is 11.0. The second-order valence-corrected chi connectivity index (χ2v) is 5.18. The van der Waals surface area contributed by atoms with Crippen molar-refractivity contribution in [1.29, 1.82) is 0 Å². The van der Waals surface area contributed by atoms with Gasteiger partial charge in [-0.2, -0.15) is 0 Å². The maximum Gasteiger partial charge on any atom is 0.0447 e.